The molecule has 3 rings (SSSR count). The normalized spacial score (nSPS) is 22.5. The van der Waals surface area contributed by atoms with Crippen molar-refractivity contribution in [3.63, 3.8) is 0 Å². The number of anilines is 2. The van der Waals surface area contributed by atoms with Gasteiger partial charge in [0.1, 0.15) is 0 Å². The predicted octanol–water partition coefficient (Wildman–Crippen LogP) is 3.56. The Morgan fingerprint density at radius 2 is 1.58 bits per heavy atom. The van der Waals surface area contributed by atoms with Crippen LogP contribution in [0.2, 0.25) is 0 Å². The number of nitrogens with one attached hydrogen (secondary N) is 2. The monoisotopic (exact) mass is 357 g/mol. The molecule has 0 radical (unpaired) electrons. The van der Waals surface area contributed by atoms with Crippen molar-refractivity contribution < 1.29 is 9.59 Å². The van der Waals surface area contributed by atoms with Gasteiger partial charge in [-0.25, -0.2) is 0 Å². The molecule has 2 atom stereocenters. The lowest BCUT2D eigenvalue weighted by molar-refractivity contribution is -0.126. The second-order valence-corrected chi connectivity index (χ2v) is 7.50. The molecule has 5 nitrogen and oxygen atoms in total. The van der Waals surface area contributed by atoms with Gasteiger partial charge in [-0.1, -0.05) is 19.3 Å². The molecule has 2 N–H and O–H groups in total. The summed E-state index contributed by atoms with van der Waals surface area (Å²) in [4.78, 5) is 27.0. The number of hydrogen-bond donors (Lipinski definition) is 2. The lowest BCUT2D eigenvalue weighted by atomic mass is 9.95. The number of benzene rings is 1. The molecule has 2 saturated carbocycles. The number of amides is 2. The Hall–Kier alpha value is -2.04. The van der Waals surface area contributed by atoms with Crippen molar-refractivity contribution in [1.82, 2.24) is 5.32 Å². The van der Waals surface area contributed by atoms with Crippen LogP contribution in [0.15, 0.2) is 24.3 Å². The summed E-state index contributed by atoms with van der Waals surface area (Å²) in [5.74, 6) is -0.300. The summed E-state index contributed by atoms with van der Waals surface area (Å²) >= 11 is 0. The van der Waals surface area contributed by atoms with Gasteiger partial charge in [-0.3, -0.25) is 9.59 Å². The van der Waals surface area contributed by atoms with Crippen LogP contribution >= 0.6 is 0 Å². The maximum atomic E-state index is 12.4. The first-order valence-corrected chi connectivity index (χ1v) is 10.1. The molecule has 1 aromatic rings. The molecule has 0 spiro atoms. The van der Waals surface area contributed by atoms with Crippen LogP contribution in [0, 0.1) is 11.8 Å². The molecule has 142 valence electrons. The Labute approximate surface area is 156 Å². The fourth-order valence-electron chi connectivity index (χ4n) is 3.91. The van der Waals surface area contributed by atoms with E-state index in [2.05, 4.69) is 29.4 Å². The summed E-state index contributed by atoms with van der Waals surface area (Å²) in [6.07, 6.45) is 6.49. The van der Waals surface area contributed by atoms with Crippen molar-refractivity contribution in [2.24, 2.45) is 11.8 Å². The maximum absolute atomic E-state index is 12.4. The number of nitrogens with zero attached hydrogens (tertiary/aromatic N) is 1. The Morgan fingerprint density at radius 1 is 0.962 bits per heavy atom. The molecule has 1 aromatic carbocycles. The van der Waals surface area contributed by atoms with Crippen molar-refractivity contribution in [1.29, 1.82) is 0 Å². The highest BCUT2D eigenvalue weighted by Crippen LogP contribution is 2.40. The molecule has 2 amide bonds. The van der Waals surface area contributed by atoms with E-state index in [0.717, 1.165) is 37.3 Å². The van der Waals surface area contributed by atoms with Crippen LogP contribution < -0.4 is 15.5 Å². The van der Waals surface area contributed by atoms with E-state index in [1.54, 1.807) is 0 Å². The van der Waals surface area contributed by atoms with E-state index in [1.165, 1.54) is 19.3 Å². The minimum Gasteiger partial charge on any atom is -0.372 e. The van der Waals surface area contributed by atoms with E-state index in [-0.39, 0.29) is 23.7 Å². The van der Waals surface area contributed by atoms with Crippen LogP contribution in [0.4, 0.5) is 11.4 Å². The number of rotatable bonds is 7. The van der Waals surface area contributed by atoms with Crippen LogP contribution in [0.25, 0.3) is 0 Å². The van der Waals surface area contributed by atoms with Crippen molar-refractivity contribution in [2.75, 3.05) is 23.3 Å². The smallest absolute Gasteiger partial charge is 0.228 e. The van der Waals surface area contributed by atoms with Crippen LogP contribution in [0.3, 0.4) is 0 Å². The van der Waals surface area contributed by atoms with Crippen LogP contribution in [-0.2, 0) is 9.59 Å². The Morgan fingerprint density at radius 3 is 2.19 bits per heavy atom. The molecule has 5 heteroatoms. The van der Waals surface area contributed by atoms with Gasteiger partial charge in [0, 0.05) is 30.5 Å². The maximum Gasteiger partial charge on any atom is 0.228 e. The molecular weight excluding hydrogens is 326 g/mol. The summed E-state index contributed by atoms with van der Waals surface area (Å²) < 4.78 is 0. The first-order valence-electron chi connectivity index (χ1n) is 10.1. The van der Waals surface area contributed by atoms with Gasteiger partial charge in [0.05, 0.1) is 11.8 Å². The Kier molecular flexibility index (Phi) is 6.17. The predicted molar refractivity (Wildman–Crippen MR) is 105 cm³/mol. The van der Waals surface area contributed by atoms with Gasteiger partial charge >= 0.3 is 0 Å². The number of carbonyl (C=O) groups excluding carboxylic acids is 2. The van der Waals surface area contributed by atoms with Gasteiger partial charge in [-0.15, -0.1) is 0 Å². The molecule has 0 heterocycles. The van der Waals surface area contributed by atoms with Crippen molar-refractivity contribution in [3.8, 4) is 0 Å². The van der Waals surface area contributed by atoms with E-state index < -0.39 is 0 Å². The minimum absolute atomic E-state index is 0.0376. The van der Waals surface area contributed by atoms with Crippen LogP contribution in [0.1, 0.15) is 52.4 Å². The van der Waals surface area contributed by atoms with Crippen LogP contribution in [-0.4, -0.2) is 30.9 Å². The molecule has 2 aliphatic carbocycles. The Balaban J connectivity index is 1.47. The molecule has 0 aromatic heterocycles. The van der Waals surface area contributed by atoms with Crippen molar-refractivity contribution in [2.45, 2.75) is 58.4 Å². The molecule has 26 heavy (non-hydrogen) atoms. The fraction of sp³-hybridized carbons (Fsp3) is 0.619. The van der Waals surface area contributed by atoms with E-state index in [9.17, 15) is 9.59 Å². The third kappa shape index (κ3) is 4.57. The zero-order valence-corrected chi connectivity index (χ0v) is 16.0. The third-order valence-electron chi connectivity index (χ3n) is 5.68. The molecule has 2 aliphatic rings. The highest BCUT2D eigenvalue weighted by atomic mass is 16.2. The van der Waals surface area contributed by atoms with Crippen molar-refractivity contribution in [3.05, 3.63) is 24.3 Å². The highest BCUT2D eigenvalue weighted by molar-refractivity contribution is 5.99. The zero-order chi connectivity index (χ0) is 18.5. The third-order valence-corrected chi connectivity index (χ3v) is 5.68. The summed E-state index contributed by atoms with van der Waals surface area (Å²) in [5, 5.41) is 6.09. The van der Waals surface area contributed by atoms with Crippen molar-refractivity contribution >= 4 is 23.2 Å². The first-order chi connectivity index (χ1) is 12.6. The largest absolute Gasteiger partial charge is 0.372 e. The highest BCUT2D eigenvalue weighted by Gasteiger charge is 2.48. The molecule has 2 fully saturated rings. The van der Waals surface area contributed by atoms with E-state index >= 15 is 0 Å². The fourth-order valence-corrected chi connectivity index (χ4v) is 3.91. The second kappa shape index (κ2) is 8.56. The molecule has 0 aliphatic heterocycles. The zero-order valence-electron chi connectivity index (χ0n) is 16.0. The van der Waals surface area contributed by atoms with E-state index in [4.69, 9.17) is 0 Å². The SMILES string of the molecule is CCN(CC)c1ccc(NC(=O)C2CC2C(=O)NC2CCCCC2)cc1. The van der Waals surface area contributed by atoms with Gasteiger partial charge in [0.2, 0.25) is 11.8 Å². The standard InChI is InChI=1S/C21H31N3O2/c1-3-24(4-2)17-12-10-16(11-13-17)23-21(26)19-14-18(19)20(25)22-15-8-6-5-7-9-15/h10-13,15,18-19H,3-9,14H2,1-2H3,(H,22,25)(H,23,26). The Bertz CT molecular complexity index is 619. The molecule has 2 unspecified atom stereocenters. The van der Waals surface area contributed by atoms with Gasteiger partial charge in [-0.2, -0.15) is 0 Å². The first kappa shape index (κ1) is 18.7. The topological polar surface area (TPSA) is 61.4 Å². The number of carbonyl (C=O) groups is 2. The van der Waals surface area contributed by atoms with Gasteiger partial charge in [0.15, 0.2) is 0 Å². The van der Waals surface area contributed by atoms with Crippen LogP contribution in [0.5, 0.6) is 0 Å². The molecular formula is C21H31N3O2. The average Bonchev–Trinajstić information content (AvgIpc) is 3.46. The molecule has 0 saturated heterocycles. The minimum atomic E-state index is -0.180. The lowest BCUT2D eigenvalue weighted by Gasteiger charge is -2.22. The quantitative estimate of drug-likeness (QED) is 0.784. The van der Waals surface area contributed by atoms with Gasteiger partial charge < -0.3 is 15.5 Å². The summed E-state index contributed by atoms with van der Waals surface area (Å²) in [5.41, 5.74) is 1.95. The average molecular weight is 357 g/mol. The van der Waals surface area contributed by atoms with E-state index in [1.807, 2.05) is 24.3 Å². The summed E-state index contributed by atoms with van der Waals surface area (Å²) in [6, 6.07) is 8.25. The second-order valence-electron chi connectivity index (χ2n) is 7.50. The van der Waals surface area contributed by atoms with E-state index in [0.29, 0.717) is 12.5 Å². The molecule has 0 bridgehead atoms. The van der Waals surface area contributed by atoms with Gasteiger partial charge in [-0.05, 0) is 57.4 Å². The summed E-state index contributed by atoms with van der Waals surface area (Å²) in [6.45, 7) is 6.18. The number of hydrogen-bond acceptors (Lipinski definition) is 3. The van der Waals surface area contributed by atoms with Gasteiger partial charge in [0.25, 0.3) is 0 Å². The summed E-state index contributed by atoms with van der Waals surface area (Å²) in [7, 11) is 0. The lowest BCUT2D eigenvalue weighted by Crippen LogP contribution is -2.37.